The minimum absolute atomic E-state index is 0.147. The second-order valence-corrected chi connectivity index (χ2v) is 3.24. The summed E-state index contributed by atoms with van der Waals surface area (Å²) in [5.74, 6) is -0.542. The number of ketones is 1. The molecule has 0 heterocycles. The van der Waals surface area contributed by atoms with Gasteiger partial charge in [-0.1, -0.05) is 49.6 Å². The molecule has 2 nitrogen and oxygen atoms in total. The molecule has 17 heavy (non-hydrogen) atoms. The SMILES string of the molecule is C=C/C=C(\C(=C)O)C(=O)C(/C=C\C)=C/C=C\C. The quantitative estimate of drug-likeness (QED) is 0.428. The van der Waals surface area contributed by atoms with Crippen molar-refractivity contribution in [2.45, 2.75) is 13.8 Å². The summed E-state index contributed by atoms with van der Waals surface area (Å²) in [5, 5.41) is 9.36. The van der Waals surface area contributed by atoms with Crippen LogP contribution in [0.2, 0.25) is 0 Å². The van der Waals surface area contributed by atoms with Crippen LogP contribution in [0.5, 0.6) is 0 Å². The van der Waals surface area contributed by atoms with Gasteiger partial charge in [-0.25, -0.2) is 0 Å². The third-order valence-corrected chi connectivity index (χ3v) is 1.92. The van der Waals surface area contributed by atoms with E-state index in [4.69, 9.17) is 0 Å². The molecule has 0 aromatic carbocycles. The van der Waals surface area contributed by atoms with E-state index in [9.17, 15) is 9.90 Å². The normalized spacial score (nSPS) is 13.3. The first-order chi connectivity index (χ1) is 8.08. The molecule has 0 unspecified atom stereocenters. The van der Waals surface area contributed by atoms with Gasteiger partial charge in [-0.2, -0.15) is 0 Å². The summed E-state index contributed by atoms with van der Waals surface area (Å²) >= 11 is 0. The number of Topliss-reactive ketones (excluding diaryl/α,β-unsaturated/α-hetero) is 1. The number of carbonyl (C=O) groups is 1. The summed E-state index contributed by atoms with van der Waals surface area (Å²) in [6.07, 6.45) is 11.6. The lowest BCUT2D eigenvalue weighted by molar-refractivity contribution is -0.111. The minimum atomic E-state index is -0.284. The Kier molecular flexibility index (Phi) is 7.11. The zero-order valence-electron chi connectivity index (χ0n) is 10.3. The van der Waals surface area contributed by atoms with Gasteiger partial charge in [0.15, 0.2) is 5.78 Å². The molecule has 90 valence electrons. The van der Waals surface area contributed by atoms with E-state index in [0.717, 1.165) is 0 Å². The Bertz CT molecular complexity index is 418. The summed E-state index contributed by atoms with van der Waals surface area (Å²) in [7, 11) is 0. The molecule has 0 spiro atoms. The van der Waals surface area contributed by atoms with Gasteiger partial charge in [0, 0.05) is 5.57 Å². The molecule has 0 bridgehead atoms. The van der Waals surface area contributed by atoms with Crippen molar-refractivity contribution in [2.75, 3.05) is 0 Å². The van der Waals surface area contributed by atoms with E-state index in [-0.39, 0.29) is 17.1 Å². The molecule has 2 heteroatoms. The summed E-state index contributed by atoms with van der Waals surface area (Å²) in [4.78, 5) is 12.1. The second kappa shape index (κ2) is 8.11. The van der Waals surface area contributed by atoms with Crippen molar-refractivity contribution >= 4 is 5.78 Å². The number of allylic oxidation sites excluding steroid dienone is 9. The van der Waals surface area contributed by atoms with E-state index in [2.05, 4.69) is 13.2 Å². The van der Waals surface area contributed by atoms with E-state index in [1.54, 1.807) is 24.3 Å². The average molecular weight is 230 g/mol. The Hall–Kier alpha value is -2.09. The van der Waals surface area contributed by atoms with Crippen molar-refractivity contribution < 1.29 is 9.90 Å². The van der Waals surface area contributed by atoms with Crippen molar-refractivity contribution in [2.24, 2.45) is 0 Å². The van der Waals surface area contributed by atoms with Gasteiger partial charge in [-0.15, -0.1) is 0 Å². The van der Waals surface area contributed by atoms with Crippen LogP contribution in [0.1, 0.15) is 13.8 Å². The Morgan fingerprint density at radius 2 is 1.82 bits per heavy atom. The van der Waals surface area contributed by atoms with E-state index >= 15 is 0 Å². The molecule has 0 rings (SSSR count). The predicted molar refractivity (Wildman–Crippen MR) is 72.8 cm³/mol. The van der Waals surface area contributed by atoms with Gasteiger partial charge in [0.25, 0.3) is 0 Å². The lowest BCUT2D eigenvalue weighted by atomic mass is 10.0. The molecule has 0 aliphatic carbocycles. The number of rotatable bonds is 6. The number of aliphatic hydroxyl groups excluding tert-OH is 1. The van der Waals surface area contributed by atoms with Crippen molar-refractivity contribution in [1.82, 2.24) is 0 Å². The molecule has 0 aliphatic rings. The molecule has 0 aromatic rings. The first-order valence-electron chi connectivity index (χ1n) is 5.29. The zero-order chi connectivity index (χ0) is 13.3. The topological polar surface area (TPSA) is 37.3 Å². The monoisotopic (exact) mass is 230 g/mol. The first kappa shape index (κ1) is 14.9. The Balaban J connectivity index is 5.41. The van der Waals surface area contributed by atoms with Crippen LogP contribution in [0.15, 0.2) is 72.6 Å². The van der Waals surface area contributed by atoms with Gasteiger partial charge < -0.3 is 5.11 Å². The molecule has 0 aliphatic heterocycles. The maximum atomic E-state index is 12.1. The zero-order valence-corrected chi connectivity index (χ0v) is 10.3. The fraction of sp³-hybridized carbons (Fsp3) is 0.133. The van der Waals surface area contributed by atoms with Crippen molar-refractivity contribution in [3.63, 3.8) is 0 Å². The Morgan fingerprint density at radius 1 is 1.18 bits per heavy atom. The van der Waals surface area contributed by atoms with Gasteiger partial charge in [0.1, 0.15) is 5.76 Å². The summed E-state index contributed by atoms with van der Waals surface area (Å²) in [6.45, 7) is 10.5. The van der Waals surface area contributed by atoms with Gasteiger partial charge >= 0.3 is 0 Å². The summed E-state index contributed by atoms with van der Waals surface area (Å²) in [6, 6.07) is 0. The average Bonchev–Trinajstić information content (AvgIpc) is 2.30. The number of aliphatic hydroxyl groups is 1. The highest BCUT2D eigenvalue weighted by molar-refractivity contribution is 6.12. The highest BCUT2D eigenvalue weighted by Gasteiger charge is 2.14. The van der Waals surface area contributed by atoms with Crippen LogP contribution >= 0.6 is 0 Å². The fourth-order valence-electron chi connectivity index (χ4n) is 1.16. The third kappa shape index (κ3) is 4.98. The highest BCUT2D eigenvalue weighted by atomic mass is 16.3. The van der Waals surface area contributed by atoms with E-state index in [1.165, 1.54) is 12.2 Å². The molecule has 0 aromatic heterocycles. The van der Waals surface area contributed by atoms with Crippen molar-refractivity contribution in [1.29, 1.82) is 0 Å². The maximum Gasteiger partial charge on any atom is 0.196 e. The first-order valence-corrected chi connectivity index (χ1v) is 5.29. The van der Waals surface area contributed by atoms with Crippen LogP contribution in [0.4, 0.5) is 0 Å². The van der Waals surface area contributed by atoms with Gasteiger partial charge in [-0.05, 0) is 19.9 Å². The molecule has 0 saturated heterocycles. The maximum absolute atomic E-state index is 12.1. The van der Waals surface area contributed by atoms with Crippen LogP contribution in [-0.4, -0.2) is 10.9 Å². The smallest absolute Gasteiger partial charge is 0.196 e. The van der Waals surface area contributed by atoms with E-state index in [1.807, 2.05) is 19.9 Å². The van der Waals surface area contributed by atoms with Gasteiger partial charge in [0.05, 0.1) is 5.57 Å². The van der Waals surface area contributed by atoms with E-state index in [0.29, 0.717) is 5.57 Å². The molecule has 0 amide bonds. The van der Waals surface area contributed by atoms with Crippen LogP contribution in [0.3, 0.4) is 0 Å². The predicted octanol–water partition coefficient (Wildman–Crippen LogP) is 3.82. The molecule has 1 N–H and O–H groups in total. The molecular weight excluding hydrogens is 212 g/mol. The standard InChI is InChI=1S/C15H18O2/c1-5-8-11-13(9-6-2)15(17)14(10-7-3)12(4)16/h5-11,16H,3-4H2,1-2H3/b8-5-,9-6-,13-11+,14-10+. The number of hydrogen-bond acceptors (Lipinski definition) is 2. The van der Waals surface area contributed by atoms with Crippen molar-refractivity contribution in [3.05, 3.63) is 72.6 Å². The summed E-state index contributed by atoms with van der Waals surface area (Å²) < 4.78 is 0. The largest absolute Gasteiger partial charge is 0.508 e. The fourth-order valence-corrected chi connectivity index (χ4v) is 1.16. The van der Waals surface area contributed by atoms with Crippen LogP contribution in [0, 0.1) is 0 Å². The Labute approximate surface area is 103 Å². The lowest BCUT2D eigenvalue weighted by Gasteiger charge is -2.04. The number of carbonyl (C=O) groups excluding carboxylic acids is 1. The Morgan fingerprint density at radius 3 is 2.24 bits per heavy atom. The molecular formula is C15H18O2. The molecule has 0 fully saturated rings. The van der Waals surface area contributed by atoms with Gasteiger partial charge in [0.2, 0.25) is 0 Å². The molecule has 0 saturated carbocycles. The van der Waals surface area contributed by atoms with Crippen LogP contribution in [-0.2, 0) is 4.79 Å². The number of hydrogen-bond donors (Lipinski definition) is 1. The van der Waals surface area contributed by atoms with Gasteiger partial charge in [-0.3, -0.25) is 4.79 Å². The van der Waals surface area contributed by atoms with Crippen LogP contribution < -0.4 is 0 Å². The molecule has 0 radical (unpaired) electrons. The summed E-state index contributed by atoms with van der Waals surface area (Å²) in [5.41, 5.74) is 0.628. The molecule has 0 atom stereocenters. The van der Waals surface area contributed by atoms with Crippen molar-refractivity contribution in [3.8, 4) is 0 Å². The minimum Gasteiger partial charge on any atom is -0.508 e. The van der Waals surface area contributed by atoms with Crippen LogP contribution in [0.25, 0.3) is 0 Å². The second-order valence-electron chi connectivity index (χ2n) is 3.24. The third-order valence-electron chi connectivity index (χ3n) is 1.92. The highest BCUT2D eigenvalue weighted by Crippen LogP contribution is 2.14. The lowest BCUT2D eigenvalue weighted by Crippen LogP contribution is -2.06. The van der Waals surface area contributed by atoms with E-state index < -0.39 is 0 Å².